The van der Waals surface area contributed by atoms with E-state index in [-0.39, 0.29) is 18.1 Å². The molecule has 0 aromatic rings. The predicted molar refractivity (Wildman–Crippen MR) is 56.3 cm³/mol. The molecule has 1 fully saturated rings. The van der Waals surface area contributed by atoms with Crippen LogP contribution >= 0.6 is 0 Å². The first kappa shape index (κ1) is 13.8. The lowest BCUT2D eigenvalue weighted by atomic mass is 9.94. The van der Waals surface area contributed by atoms with Crippen molar-refractivity contribution in [1.82, 2.24) is 5.32 Å². The standard InChI is InChI=1S/C11H20F3NO/c1-10(2)8-9(4-7-16-10)15-6-3-5-11(12,13)14/h9,15H,3-8H2,1-2H3. The van der Waals surface area contributed by atoms with Crippen LogP contribution < -0.4 is 5.32 Å². The molecule has 0 spiro atoms. The van der Waals surface area contributed by atoms with Crippen LogP contribution in [0.15, 0.2) is 0 Å². The fourth-order valence-electron chi connectivity index (χ4n) is 2.00. The highest BCUT2D eigenvalue weighted by Crippen LogP contribution is 2.24. The fraction of sp³-hybridized carbons (Fsp3) is 1.00. The van der Waals surface area contributed by atoms with Crippen molar-refractivity contribution in [3.05, 3.63) is 0 Å². The van der Waals surface area contributed by atoms with Crippen molar-refractivity contribution in [2.24, 2.45) is 0 Å². The van der Waals surface area contributed by atoms with Gasteiger partial charge in [0.15, 0.2) is 0 Å². The molecule has 5 heteroatoms. The van der Waals surface area contributed by atoms with Crippen LogP contribution in [0, 0.1) is 0 Å². The van der Waals surface area contributed by atoms with Crippen molar-refractivity contribution in [3.63, 3.8) is 0 Å². The molecule has 0 amide bonds. The predicted octanol–water partition coefficient (Wildman–Crippen LogP) is 2.88. The largest absolute Gasteiger partial charge is 0.389 e. The van der Waals surface area contributed by atoms with Crippen molar-refractivity contribution < 1.29 is 17.9 Å². The Morgan fingerprint density at radius 2 is 2.06 bits per heavy atom. The van der Waals surface area contributed by atoms with E-state index in [1.165, 1.54) is 0 Å². The molecule has 0 radical (unpaired) electrons. The highest BCUT2D eigenvalue weighted by molar-refractivity contribution is 4.82. The Morgan fingerprint density at radius 1 is 1.38 bits per heavy atom. The maximum Gasteiger partial charge on any atom is 0.389 e. The lowest BCUT2D eigenvalue weighted by molar-refractivity contribution is -0.135. The van der Waals surface area contributed by atoms with Crippen molar-refractivity contribution in [1.29, 1.82) is 0 Å². The second kappa shape index (κ2) is 5.36. The van der Waals surface area contributed by atoms with E-state index in [4.69, 9.17) is 4.74 Å². The van der Waals surface area contributed by atoms with E-state index in [1.807, 2.05) is 13.8 Å². The van der Waals surface area contributed by atoms with E-state index in [9.17, 15) is 13.2 Å². The molecular formula is C11H20F3NO. The highest BCUT2D eigenvalue weighted by atomic mass is 19.4. The summed E-state index contributed by atoms with van der Waals surface area (Å²) in [5.74, 6) is 0. The van der Waals surface area contributed by atoms with Crippen LogP contribution in [-0.2, 0) is 4.74 Å². The third-order valence-electron chi connectivity index (χ3n) is 2.77. The van der Waals surface area contributed by atoms with Gasteiger partial charge in [-0.1, -0.05) is 0 Å². The first-order valence-corrected chi connectivity index (χ1v) is 5.73. The maximum absolute atomic E-state index is 11.9. The van der Waals surface area contributed by atoms with Gasteiger partial charge in [-0.3, -0.25) is 0 Å². The van der Waals surface area contributed by atoms with Crippen LogP contribution in [0.3, 0.4) is 0 Å². The van der Waals surface area contributed by atoms with E-state index in [0.29, 0.717) is 13.2 Å². The number of halogens is 3. The molecule has 0 aromatic carbocycles. The summed E-state index contributed by atoms with van der Waals surface area (Å²) in [5, 5.41) is 3.17. The third-order valence-corrected chi connectivity index (χ3v) is 2.77. The number of nitrogens with one attached hydrogen (secondary N) is 1. The molecule has 1 aliphatic rings. The van der Waals surface area contributed by atoms with E-state index >= 15 is 0 Å². The van der Waals surface area contributed by atoms with E-state index < -0.39 is 12.6 Å². The Hall–Kier alpha value is -0.290. The summed E-state index contributed by atoms with van der Waals surface area (Å²) in [5.41, 5.74) is -0.153. The summed E-state index contributed by atoms with van der Waals surface area (Å²) in [6.45, 7) is 5.14. The minimum atomic E-state index is -4.03. The van der Waals surface area contributed by atoms with Crippen molar-refractivity contribution in [2.45, 2.75) is 57.3 Å². The Morgan fingerprint density at radius 3 is 2.62 bits per heavy atom. The lowest BCUT2D eigenvalue weighted by Crippen LogP contribution is -2.44. The second-order valence-electron chi connectivity index (χ2n) is 4.97. The molecule has 16 heavy (non-hydrogen) atoms. The van der Waals surface area contributed by atoms with Gasteiger partial charge in [0, 0.05) is 19.1 Å². The van der Waals surface area contributed by atoms with Gasteiger partial charge < -0.3 is 10.1 Å². The Kier molecular flexibility index (Phi) is 4.62. The van der Waals surface area contributed by atoms with Gasteiger partial charge >= 0.3 is 6.18 Å². The molecule has 0 saturated carbocycles. The molecule has 2 nitrogen and oxygen atoms in total. The van der Waals surface area contributed by atoms with Crippen LogP contribution in [0.25, 0.3) is 0 Å². The summed E-state index contributed by atoms with van der Waals surface area (Å²) in [6.07, 6.45) is -2.83. The molecule has 1 heterocycles. The number of rotatable bonds is 4. The molecular weight excluding hydrogens is 219 g/mol. The zero-order valence-corrected chi connectivity index (χ0v) is 9.86. The molecule has 1 rings (SSSR count). The molecule has 0 aliphatic carbocycles. The van der Waals surface area contributed by atoms with Gasteiger partial charge in [-0.2, -0.15) is 13.2 Å². The zero-order valence-electron chi connectivity index (χ0n) is 9.86. The highest BCUT2D eigenvalue weighted by Gasteiger charge is 2.29. The summed E-state index contributed by atoms with van der Waals surface area (Å²) in [4.78, 5) is 0. The Balaban J connectivity index is 2.13. The molecule has 0 aromatic heterocycles. The van der Waals surface area contributed by atoms with Crippen LogP contribution in [0.4, 0.5) is 13.2 Å². The van der Waals surface area contributed by atoms with Gasteiger partial charge in [-0.25, -0.2) is 0 Å². The molecule has 1 N–H and O–H groups in total. The number of hydrogen-bond donors (Lipinski definition) is 1. The van der Waals surface area contributed by atoms with Gasteiger partial charge in [0.1, 0.15) is 0 Å². The Bertz CT molecular complexity index is 216. The first-order valence-electron chi connectivity index (χ1n) is 5.73. The van der Waals surface area contributed by atoms with Gasteiger partial charge in [0.25, 0.3) is 0 Å². The summed E-state index contributed by atoms with van der Waals surface area (Å²) in [7, 11) is 0. The van der Waals surface area contributed by atoms with Gasteiger partial charge in [-0.15, -0.1) is 0 Å². The molecule has 0 bridgehead atoms. The van der Waals surface area contributed by atoms with Gasteiger partial charge in [-0.05, 0) is 39.7 Å². The molecule has 1 saturated heterocycles. The monoisotopic (exact) mass is 239 g/mol. The van der Waals surface area contributed by atoms with Crippen molar-refractivity contribution in [2.75, 3.05) is 13.2 Å². The van der Waals surface area contributed by atoms with E-state index in [0.717, 1.165) is 12.8 Å². The first-order chi connectivity index (χ1) is 7.29. The topological polar surface area (TPSA) is 21.3 Å². The maximum atomic E-state index is 11.9. The summed E-state index contributed by atoms with van der Waals surface area (Å²) >= 11 is 0. The summed E-state index contributed by atoms with van der Waals surface area (Å²) in [6, 6.07) is 0.289. The SMILES string of the molecule is CC1(C)CC(NCCCC(F)(F)F)CCO1. The van der Waals surface area contributed by atoms with Crippen LogP contribution in [0.2, 0.25) is 0 Å². The molecule has 1 unspecified atom stereocenters. The molecule has 96 valence electrons. The number of hydrogen-bond acceptors (Lipinski definition) is 2. The minimum absolute atomic E-state index is 0.153. The van der Waals surface area contributed by atoms with Crippen molar-refractivity contribution in [3.8, 4) is 0 Å². The number of ether oxygens (including phenoxy) is 1. The molecule has 1 atom stereocenters. The lowest BCUT2D eigenvalue weighted by Gasteiger charge is -2.36. The zero-order chi connectivity index (χ0) is 12.2. The minimum Gasteiger partial charge on any atom is -0.375 e. The Labute approximate surface area is 94.5 Å². The van der Waals surface area contributed by atoms with Crippen LogP contribution in [0.1, 0.15) is 39.5 Å². The molecule has 1 aliphatic heterocycles. The smallest absolute Gasteiger partial charge is 0.375 e. The number of alkyl halides is 3. The van der Waals surface area contributed by atoms with Crippen molar-refractivity contribution >= 4 is 0 Å². The van der Waals surface area contributed by atoms with E-state index in [2.05, 4.69) is 5.32 Å². The average molecular weight is 239 g/mol. The summed E-state index contributed by atoms with van der Waals surface area (Å²) < 4.78 is 41.2. The second-order valence-corrected chi connectivity index (χ2v) is 4.97. The normalized spacial score (nSPS) is 25.7. The van der Waals surface area contributed by atoms with Crippen LogP contribution in [0.5, 0.6) is 0 Å². The van der Waals surface area contributed by atoms with E-state index in [1.54, 1.807) is 0 Å². The van der Waals surface area contributed by atoms with Gasteiger partial charge in [0.05, 0.1) is 5.60 Å². The quantitative estimate of drug-likeness (QED) is 0.762. The third kappa shape index (κ3) is 5.70. The van der Waals surface area contributed by atoms with Crippen LogP contribution in [-0.4, -0.2) is 31.0 Å². The average Bonchev–Trinajstić information content (AvgIpc) is 2.09. The van der Waals surface area contributed by atoms with Gasteiger partial charge in [0.2, 0.25) is 0 Å². The fourth-order valence-corrected chi connectivity index (χ4v) is 2.00.